The van der Waals surface area contributed by atoms with E-state index in [1.165, 1.54) is 6.07 Å². The van der Waals surface area contributed by atoms with E-state index in [0.29, 0.717) is 13.1 Å². The fraction of sp³-hybridized carbons (Fsp3) is 0.409. The minimum atomic E-state index is -0.797. The lowest BCUT2D eigenvalue weighted by atomic mass is 9.89. The number of fused-ring (bicyclic) bond motifs is 1. The van der Waals surface area contributed by atoms with Crippen LogP contribution in [0.2, 0.25) is 0 Å². The van der Waals surface area contributed by atoms with Crippen LogP contribution in [-0.4, -0.2) is 49.5 Å². The average molecular weight is 423 g/mol. The number of hydrogen-bond donors (Lipinski definition) is 0. The SMILES string of the molecule is COc1ccc([C@H]2[C@@H]3CN(C(=O)c4c(F)ccc(C)c4F)C[C@@H]3CN2C)cc1.Cl. The van der Waals surface area contributed by atoms with Gasteiger partial charge in [-0.25, -0.2) is 8.78 Å². The van der Waals surface area contributed by atoms with E-state index in [2.05, 4.69) is 11.9 Å². The third-order valence-corrected chi connectivity index (χ3v) is 6.14. The van der Waals surface area contributed by atoms with E-state index in [1.54, 1.807) is 18.9 Å². The molecule has 0 N–H and O–H groups in total. The number of hydrogen-bond acceptors (Lipinski definition) is 3. The lowest BCUT2D eigenvalue weighted by Gasteiger charge is -2.27. The molecule has 4 nitrogen and oxygen atoms in total. The number of carbonyl (C=O) groups is 1. The summed E-state index contributed by atoms with van der Waals surface area (Å²) in [6.45, 7) is 3.41. The molecule has 0 saturated carbocycles. The fourth-order valence-corrected chi connectivity index (χ4v) is 4.74. The quantitative estimate of drug-likeness (QED) is 0.747. The molecule has 0 aromatic heterocycles. The molecule has 0 spiro atoms. The van der Waals surface area contributed by atoms with E-state index in [4.69, 9.17) is 4.74 Å². The first-order valence-electron chi connectivity index (χ1n) is 9.48. The molecule has 2 aliphatic heterocycles. The van der Waals surface area contributed by atoms with E-state index in [0.717, 1.165) is 23.9 Å². The van der Waals surface area contributed by atoms with Crippen molar-refractivity contribution in [3.05, 3.63) is 64.7 Å². The van der Waals surface area contributed by atoms with Crippen molar-refractivity contribution in [2.45, 2.75) is 13.0 Å². The van der Waals surface area contributed by atoms with Crippen LogP contribution < -0.4 is 4.74 Å². The normalized spacial score (nSPS) is 23.6. The van der Waals surface area contributed by atoms with Crippen LogP contribution in [0, 0.1) is 30.4 Å². The van der Waals surface area contributed by atoms with Crippen molar-refractivity contribution in [1.29, 1.82) is 0 Å². The molecule has 3 atom stereocenters. The monoisotopic (exact) mass is 422 g/mol. The maximum Gasteiger partial charge on any atom is 0.259 e. The zero-order valence-electron chi connectivity index (χ0n) is 16.7. The van der Waals surface area contributed by atoms with Crippen LogP contribution in [0.1, 0.15) is 27.5 Å². The lowest BCUT2D eigenvalue weighted by molar-refractivity contribution is 0.0758. The largest absolute Gasteiger partial charge is 0.497 e. The number of rotatable bonds is 3. The standard InChI is InChI=1S/C22H24F2N2O2.ClH/c1-13-4-9-18(23)19(20(13)24)22(27)26-11-15-10-25(2)21(17(15)12-26)14-5-7-16(28-3)8-6-14;/h4-9,15,17,21H,10-12H2,1-3H3;1H/t15-,17+,21-;/m0./s1. The topological polar surface area (TPSA) is 32.8 Å². The van der Waals surface area contributed by atoms with Crippen LogP contribution >= 0.6 is 12.4 Å². The van der Waals surface area contributed by atoms with Gasteiger partial charge in [-0.15, -0.1) is 12.4 Å². The summed E-state index contributed by atoms with van der Waals surface area (Å²) in [5, 5.41) is 0. The van der Waals surface area contributed by atoms with Crippen LogP contribution in [0.25, 0.3) is 0 Å². The minimum Gasteiger partial charge on any atom is -0.497 e. The maximum absolute atomic E-state index is 14.4. The first-order chi connectivity index (χ1) is 13.4. The summed E-state index contributed by atoms with van der Waals surface area (Å²) >= 11 is 0. The molecular weight excluding hydrogens is 398 g/mol. The van der Waals surface area contributed by atoms with E-state index in [9.17, 15) is 13.6 Å². The minimum absolute atomic E-state index is 0. The van der Waals surface area contributed by atoms with Crippen molar-refractivity contribution in [3.8, 4) is 5.75 Å². The summed E-state index contributed by atoms with van der Waals surface area (Å²) in [6.07, 6.45) is 0. The van der Waals surface area contributed by atoms with Gasteiger partial charge in [0.2, 0.25) is 0 Å². The Bertz CT molecular complexity index is 906. The number of methoxy groups -OCH3 is 1. The molecule has 2 aromatic carbocycles. The summed E-state index contributed by atoms with van der Waals surface area (Å²) < 4.78 is 33.9. The van der Waals surface area contributed by atoms with Crippen molar-refractivity contribution < 1.29 is 18.3 Å². The predicted octanol–water partition coefficient (Wildman–Crippen LogP) is 4.08. The molecule has 2 heterocycles. The molecule has 1 amide bonds. The van der Waals surface area contributed by atoms with Gasteiger partial charge in [0, 0.05) is 31.6 Å². The Labute approximate surface area is 175 Å². The third kappa shape index (κ3) is 3.71. The van der Waals surface area contributed by atoms with Crippen molar-refractivity contribution in [1.82, 2.24) is 9.80 Å². The molecule has 0 radical (unpaired) electrons. The molecule has 2 saturated heterocycles. The van der Waals surface area contributed by atoms with Gasteiger partial charge in [0.25, 0.3) is 5.91 Å². The summed E-state index contributed by atoms with van der Waals surface area (Å²) in [6, 6.07) is 10.7. The van der Waals surface area contributed by atoms with Gasteiger partial charge in [-0.05, 0) is 49.2 Å². The van der Waals surface area contributed by atoms with Crippen molar-refractivity contribution in [2.75, 3.05) is 33.8 Å². The van der Waals surface area contributed by atoms with Gasteiger partial charge in [0.1, 0.15) is 22.9 Å². The number of nitrogens with zero attached hydrogens (tertiary/aromatic N) is 2. The summed E-state index contributed by atoms with van der Waals surface area (Å²) in [5.41, 5.74) is 1.01. The van der Waals surface area contributed by atoms with Gasteiger partial charge in [-0.2, -0.15) is 0 Å². The number of carbonyl (C=O) groups excluding carboxylic acids is 1. The van der Waals surface area contributed by atoms with Crippen LogP contribution in [0.3, 0.4) is 0 Å². The van der Waals surface area contributed by atoms with Gasteiger partial charge < -0.3 is 9.64 Å². The molecule has 0 bridgehead atoms. The first kappa shape index (κ1) is 21.5. The molecule has 29 heavy (non-hydrogen) atoms. The number of benzene rings is 2. The number of ether oxygens (including phenoxy) is 1. The smallest absolute Gasteiger partial charge is 0.259 e. The van der Waals surface area contributed by atoms with Crippen LogP contribution in [0.4, 0.5) is 8.78 Å². The highest BCUT2D eigenvalue weighted by Gasteiger charge is 2.47. The second-order valence-electron chi connectivity index (χ2n) is 7.84. The van der Waals surface area contributed by atoms with Crippen LogP contribution in [0.15, 0.2) is 36.4 Å². The highest BCUT2D eigenvalue weighted by molar-refractivity contribution is 5.95. The highest BCUT2D eigenvalue weighted by atomic mass is 35.5. The Morgan fingerprint density at radius 1 is 1.07 bits per heavy atom. The third-order valence-electron chi connectivity index (χ3n) is 6.14. The molecule has 156 valence electrons. The summed E-state index contributed by atoms with van der Waals surface area (Å²) in [4.78, 5) is 16.8. The first-order valence-corrected chi connectivity index (χ1v) is 9.48. The van der Waals surface area contributed by atoms with Gasteiger partial charge in [-0.3, -0.25) is 9.69 Å². The number of likely N-dealkylation sites (tertiary alicyclic amines) is 2. The summed E-state index contributed by atoms with van der Waals surface area (Å²) in [5.74, 6) is -0.783. The fourth-order valence-electron chi connectivity index (χ4n) is 4.74. The molecule has 2 aliphatic rings. The van der Waals surface area contributed by atoms with E-state index >= 15 is 0 Å². The van der Waals surface area contributed by atoms with E-state index in [-0.39, 0.29) is 35.8 Å². The maximum atomic E-state index is 14.4. The second kappa shape index (κ2) is 8.28. The van der Waals surface area contributed by atoms with Gasteiger partial charge in [0.15, 0.2) is 0 Å². The number of halogens is 3. The Morgan fingerprint density at radius 2 is 1.76 bits per heavy atom. The summed E-state index contributed by atoms with van der Waals surface area (Å²) in [7, 11) is 3.72. The van der Waals surface area contributed by atoms with Gasteiger partial charge in [-0.1, -0.05) is 18.2 Å². The molecule has 2 aromatic rings. The molecule has 0 unspecified atom stereocenters. The van der Waals surface area contributed by atoms with E-state index < -0.39 is 23.1 Å². The van der Waals surface area contributed by atoms with Gasteiger partial charge in [0.05, 0.1) is 7.11 Å². The molecule has 0 aliphatic carbocycles. The lowest BCUT2D eigenvalue weighted by Crippen LogP contribution is -2.34. The van der Waals surface area contributed by atoms with Gasteiger partial charge >= 0.3 is 0 Å². The van der Waals surface area contributed by atoms with Crippen LogP contribution in [-0.2, 0) is 0 Å². The zero-order chi connectivity index (χ0) is 20.0. The van der Waals surface area contributed by atoms with Crippen molar-refractivity contribution >= 4 is 18.3 Å². The van der Waals surface area contributed by atoms with E-state index in [1.807, 2.05) is 24.3 Å². The number of aryl methyl sites for hydroxylation is 1. The molecule has 7 heteroatoms. The Kier molecular flexibility index (Phi) is 6.15. The molecule has 2 fully saturated rings. The Morgan fingerprint density at radius 3 is 2.41 bits per heavy atom. The Hall–Kier alpha value is -2.18. The average Bonchev–Trinajstić information content (AvgIpc) is 3.21. The molecule has 4 rings (SSSR count). The second-order valence-corrected chi connectivity index (χ2v) is 7.84. The Balaban J connectivity index is 0.00000240. The number of amides is 1. The van der Waals surface area contributed by atoms with Crippen molar-refractivity contribution in [3.63, 3.8) is 0 Å². The van der Waals surface area contributed by atoms with Crippen LogP contribution in [0.5, 0.6) is 5.75 Å². The highest BCUT2D eigenvalue weighted by Crippen LogP contribution is 2.44. The van der Waals surface area contributed by atoms with Crippen molar-refractivity contribution in [2.24, 2.45) is 11.8 Å². The molecular formula is C22H25ClF2N2O2. The predicted molar refractivity (Wildman–Crippen MR) is 110 cm³/mol. The zero-order valence-corrected chi connectivity index (χ0v) is 17.5.